The van der Waals surface area contributed by atoms with Crippen molar-refractivity contribution in [2.75, 3.05) is 11.8 Å². The highest BCUT2D eigenvalue weighted by molar-refractivity contribution is 8.01. The van der Waals surface area contributed by atoms with Gasteiger partial charge in [-0.15, -0.1) is 35.0 Å². The van der Waals surface area contributed by atoms with Gasteiger partial charge >= 0.3 is 0 Å². The van der Waals surface area contributed by atoms with Crippen LogP contribution < -0.4 is 0 Å². The molecule has 0 fully saturated rings. The molecule has 0 aliphatic rings. The molecule has 3 heteroatoms. The number of halogens is 2. The highest BCUT2D eigenvalue weighted by atomic mass is 35.5. The van der Waals surface area contributed by atoms with E-state index in [1.54, 1.807) is 0 Å². The van der Waals surface area contributed by atoms with Crippen LogP contribution in [-0.4, -0.2) is 21.3 Å². The van der Waals surface area contributed by atoms with Gasteiger partial charge in [0.1, 0.15) is 0 Å². The summed E-state index contributed by atoms with van der Waals surface area (Å²) in [6.45, 7) is 9.14. The maximum atomic E-state index is 5.87. The molecule has 0 N–H and O–H groups in total. The topological polar surface area (TPSA) is 0 Å². The molecule has 0 radical (unpaired) electrons. The van der Waals surface area contributed by atoms with E-state index < -0.39 is 0 Å². The average Bonchev–Trinajstić information content (AvgIpc) is 2.18. The molecule has 0 rings (SSSR count). The fraction of sp³-hybridized carbons (Fsp3) is 1.00. The largest absolute Gasteiger partial charge is 0.149 e. The third-order valence-corrected chi connectivity index (χ3v) is 5.58. The molecule has 0 aromatic carbocycles. The highest BCUT2D eigenvalue weighted by Crippen LogP contribution is 2.45. The summed E-state index contributed by atoms with van der Waals surface area (Å²) in [4.78, 5) is 0. The Morgan fingerprint density at radius 2 is 1.20 bits per heavy atom. The van der Waals surface area contributed by atoms with E-state index in [0.717, 1.165) is 24.6 Å². The summed E-state index contributed by atoms with van der Waals surface area (Å²) in [5.41, 5.74) is 0. The SMILES string of the molecule is CCC(C)(CCCl)SC(C)(CC)CCCl. The van der Waals surface area contributed by atoms with E-state index >= 15 is 0 Å². The molecular weight excluding hydrogens is 247 g/mol. The van der Waals surface area contributed by atoms with Crippen molar-refractivity contribution in [2.24, 2.45) is 0 Å². The Labute approximate surface area is 109 Å². The van der Waals surface area contributed by atoms with Crippen LogP contribution in [0.15, 0.2) is 0 Å². The minimum absolute atomic E-state index is 0.304. The quantitative estimate of drug-likeness (QED) is 0.539. The van der Waals surface area contributed by atoms with Crippen LogP contribution >= 0.6 is 35.0 Å². The molecule has 15 heavy (non-hydrogen) atoms. The summed E-state index contributed by atoms with van der Waals surface area (Å²) in [5, 5.41) is 0. The zero-order chi connectivity index (χ0) is 11.9. The fourth-order valence-corrected chi connectivity index (χ4v) is 4.54. The van der Waals surface area contributed by atoms with Gasteiger partial charge in [0.15, 0.2) is 0 Å². The van der Waals surface area contributed by atoms with E-state index in [4.69, 9.17) is 23.2 Å². The van der Waals surface area contributed by atoms with E-state index in [0.29, 0.717) is 9.49 Å². The van der Waals surface area contributed by atoms with E-state index in [2.05, 4.69) is 39.5 Å². The zero-order valence-electron chi connectivity index (χ0n) is 10.4. The Morgan fingerprint density at radius 1 is 0.867 bits per heavy atom. The Balaban J connectivity index is 4.47. The first-order chi connectivity index (χ1) is 6.95. The van der Waals surface area contributed by atoms with Crippen LogP contribution in [0.5, 0.6) is 0 Å². The minimum atomic E-state index is 0.304. The molecule has 0 spiro atoms. The van der Waals surface area contributed by atoms with E-state index in [9.17, 15) is 0 Å². The molecule has 0 aromatic rings. The van der Waals surface area contributed by atoms with Gasteiger partial charge in [-0.05, 0) is 25.7 Å². The first kappa shape index (κ1) is 15.9. The van der Waals surface area contributed by atoms with Crippen LogP contribution in [0.3, 0.4) is 0 Å². The van der Waals surface area contributed by atoms with Gasteiger partial charge in [-0.25, -0.2) is 0 Å². The maximum Gasteiger partial charge on any atom is 0.0236 e. The molecule has 0 bridgehead atoms. The Bertz CT molecular complexity index is 157. The highest BCUT2D eigenvalue weighted by Gasteiger charge is 2.32. The second-order valence-corrected chi connectivity index (χ2v) is 7.52. The standard InChI is InChI=1S/C12H24Cl2S/c1-5-11(3,7-9-13)15-12(4,6-2)8-10-14/h5-10H2,1-4H3. The number of hydrogen-bond donors (Lipinski definition) is 0. The number of hydrogen-bond acceptors (Lipinski definition) is 1. The van der Waals surface area contributed by atoms with Crippen LogP contribution in [0.1, 0.15) is 53.4 Å². The molecule has 0 saturated heterocycles. The van der Waals surface area contributed by atoms with Crippen molar-refractivity contribution in [3.63, 3.8) is 0 Å². The summed E-state index contributed by atoms with van der Waals surface area (Å²) in [5.74, 6) is 1.50. The molecule has 0 amide bonds. The number of alkyl halides is 2. The van der Waals surface area contributed by atoms with E-state index in [1.165, 1.54) is 12.8 Å². The van der Waals surface area contributed by atoms with Gasteiger partial charge < -0.3 is 0 Å². The zero-order valence-corrected chi connectivity index (χ0v) is 12.7. The van der Waals surface area contributed by atoms with Crippen LogP contribution in [0.4, 0.5) is 0 Å². The molecule has 0 aromatic heterocycles. The summed E-state index contributed by atoms with van der Waals surface area (Å²) in [6.07, 6.45) is 4.49. The van der Waals surface area contributed by atoms with E-state index in [-0.39, 0.29) is 0 Å². The second kappa shape index (κ2) is 7.29. The van der Waals surface area contributed by atoms with Crippen molar-refractivity contribution in [3.05, 3.63) is 0 Å². The van der Waals surface area contributed by atoms with Gasteiger partial charge in [-0.3, -0.25) is 0 Å². The van der Waals surface area contributed by atoms with Crippen molar-refractivity contribution in [1.29, 1.82) is 0 Å². The molecule has 0 aliphatic heterocycles. The monoisotopic (exact) mass is 270 g/mol. The van der Waals surface area contributed by atoms with Crippen molar-refractivity contribution in [1.82, 2.24) is 0 Å². The molecule has 0 saturated carbocycles. The molecule has 0 aliphatic carbocycles. The first-order valence-electron chi connectivity index (χ1n) is 5.77. The molecular formula is C12H24Cl2S. The molecule has 92 valence electrons. The minimum Gasteiger partial charge on any atom is -0.149 e. The van der Waals surface area contributed by atoms with Crippen LogP contribution in [0.2, 0.25) is 0 Å². The van der Waals surface area contributed by atoms with Crippen molar-refractivity contribution >= 4 is 35.0 Å². The summed E-state index contributed by atoms with van der Waals surface area (Å²) >= 11 is 13.8. The predicted octanol–water partition coefficient (Wildman–Crippen LogP) is 5.31. The normalized spacial score (nSPS) is 19.6. The van der Waals surface area contributed by atoms with Gasteiger partial charge in [0.25, 0.3) is 0 Å². The van der Waals surface area contributed by atoms with Crippen molar-refractivity contribution < 1.29 is 0 Å². The van der Waals surface area contributed by atoms with Crippen LogP contribution in [0.25, 0.3) is 0 Å². The number of rotatable bonds is 8. The second-order valence-electron chi connectivity index (χ2n) is 4.59. The van der Waals surface area contributed by atoms with Gasteiger partial charge in [0.2, 0.25) is 0 Å². The van der Waals surface area contributed by atoms with Gasteiger partial charge in [0, 0.05) is 21.3 Å². The van der Waals surface area contributed by atoms with Gasteiger partial charge in [0.05, 0.1) is 0 Å². The Kier molecular flexibility index (Phi) is 7.75. The smallest absolute Gasteiger partial charge is 0.0236 e. The van der Waals surface area contributed by atoms with Gasteiger partial charge in [-0.2, -0.15) is 0 Å². The summed E-state index contributed by atoms with van der Waals surface area (Å²) < 4.78 is 0.608. The maximum absolute atomic E-state index is 5.87. The molecule has 2 atom stereocenters. The van der Waals surface area contributed by atoms with E-state index in [1.807, 2.05) is 0 Å². The molecule has 2 unspecified atom stereocenters. The molecule has 0 heterocycles. The van der Waals surface area contributed by atoms with Crippen molar-refractivity contribution in [3.8, 4) is 0 Å². The average molecular weight is 271 g/mol. The Hall–Kier alpha value is 0.930. The van der Waals surface area contributed by atoms with Crippen molar-refractivity contribution in [2.45, 2.75) is 62.9 Å². The summed E-state index contributed by atoms with van der Waals surface area (Å²) in [6, 6.07) is 0. The fourth-order valence-electron chi connectivity index (χ4n) is 1.59. The lowest BCUT2D eigenvalue weighted by Gasteiger charge is -2.38. The summed E-state index contributed by atoms with van der Waals surface area (Å²) in [7, 11) is 0. The Morgan fingerprint density at radius 3 is 1.40 bits per heavy atom. The first-order valence-corrected chi connectivity index (χ1v) is 7.66. The molecule has 0 nitrogen and oxygen atoms in total. The lowest BCUT2D eigenvalue weighted by Crippen LogP contribution is -2.31. The third kappa shape index (κ3) is 5.70. The van der Waals surface area contributed by atoms with Gasteiger partial charge in [-0.1, -0.05) is 27.7 Å². The van der Waals surface area contributed by atoms with Crippen LogP contribution in [0, 0.1) is 0 Å². The lowest BCUT2D eigenvalue weighted by molar-refractivity contribution is 0.553. The number of thioether (sulfide) groups is 1. The predicted molar refractivity (Wildman–Crippen MR) is 75.7 cm³/mol. The lowest BCUT2D eigenvalue weighted by atomic mass is 10.0. The van der Waals surface area contributed by atoms with Crippen LogP contribution in [-0.2, 0) is 0 Å². The third-order valence-electron chi connectivity index (χ3n) is 3.24.